The number of aromatic nitrogens is 2. The molecule has 0 atom stereocenters. The van der Waals surface area contributed by atoms with Gasteiger partial charge in [-0.3, -0.25) is 0 Å². The van der Waals surface area contributed by atoms with E-state index in [9.17, 15) is 0 Å². The van der Waals surface area contributed by atoms with Crippen LogP contribution in [-0.2, 0) is 6.54 Å². The van der Waals surface area contributed by atoms with Crippen molar-refractivity contribution in [2.24, 2.45) is 0 Å². The molecule has 2 aromatic carbocycles. The van der Waals surface area contributed by atoms with Crippen molar-refractivity contribution < 1.29 is 4.42 Å². The van der Waals surface area contributed by atoms with Gasteiger partial charge in [0.25, 0.3) is 6.01 Å². The summed E-state index contributed by atoms with van der Waals surface area (Å²) in [5, 5.41) is 4.55. The molecule has 0 saturated heterocycles. The molecule has 2 aromatic heterocycles. The lowest BCUT2D eigenvalue weighted by Crippen LogP contribution is -2.09. The van der Waals surface area contributed by atoms with Crippen LogP contribution in [0.3, 0.4) is 0 Å². The first-order valence-corrected chi connectivity index (χ1v) is 8.39. The molecule has 0 aliphatic carbocycles. The predicted molar refractivity (Wildman–Crippen MR) is 98.5 cm³/mol. The van der Waals surface area contributed by atoms with Gasteiger partial charge in [-0.2, -0.15) is 4.98 Å². The fourth-order valence-electron chi connectivity index (χ4n) is 3.00. The van der Waals surface area contributed by atoms with Crippen molar-refractivity contribution in [1.29, 1.82) is 0 Å². The zero-order chi connectivity index (χ0) is 16.5. The Bertz CT molecular complexity index is 981. The molecule has 1 N–H and O–H groups in total. The third-order valence-electron chi connectivity index (χ3n) is 4.39. The quantitative estimate of drug-likeness (QED) is 0.562. The van der Waals surface area contributed by atoms with Crippen LogP contribution < -0.4 is 5.32 Å². The normalized spacial score (nSPS) is 11.6. The van der Waals surface area contributed by atoms with Gasteiger partial charge in [0.2, 0.25) is 0 Å². The van der Waals surface area contributed by atoms with Gasteiger partial charge in [0.1, 0.15) is 5.52 Å². The topological polar surface area (TPSA) is 43.0 Å². The van der Waals surface area contributed by atoms with Crippen LogP contribution in [0.15, 0.2) is 59.1 Å². The first-order chi connectivity index (χ1) is 11.7. The van der Waals surface area contributed by atoms with E-state index in [1.165, 1.54) is 16.5 Å². The van der Waals surface area contributed by atoms with Gasteiger partial charge in [-0.05, 0) is 41.1 Å². The molecule has 0 saturated carbocycles. The molecular formula is C20H21N3O. The lowest BCUT2D eigenvalue weighted by atomic mass is 10.0. The number of hydrogen-bond acceptors (Lipinski definition) is 3. The Hall–Kier alpha value is -2.75. The summed E-state index contributed by atoms with van der Waals surface area (Å²) in [6, 6.07) is 17.3. The van der Waals surface area contributed by atoms with Crippen molar-refractivity contribution in [3.8, 4) is 0 Å². The molecule has 0 aliphatic heterocycles. The highest BCUT2D eigenvalue weighted by molar-refractivity contribution is 5.80. The summed E-state index contributed by atoms with van der Waals surface area (Å²) in [5.41, 5.74) is 4.27. The van der Waals surface area contributed by atoms with Crippen molar-refractivity contribution in [3.63, 3.8) is 0 Å². The van der Waals surface area contributed by atoms with Gasteiger partial charge in [-0.1, -0.05) is 38.1 Å². The van der Waals surface area contributed by atoms with E-state index in [1.54, 1.807) is 0 Å². The Balaban J connectivity index is 1.46. The van der Waals surface area contributed by atoms with Gasteiger partial charge in [0, 0.05) is 24.8 Å². The number of hydrogen-bond donors (Lipinski definition) is 1. The largest absolute Gasteiger partial charge is 0.424 e. The van der Waals surface area contributed by atoms with Gasteiger partial charge in [-0.25, -0.2) is 0 Å². The molecule has 0 amide bonds. The first kappa shape index (κ1) is 14.8. The van der Waals surface area contributed by atoms with Crippen molar-refractivity contribution in [2.45, 2.75) is 26.3 Å². The van der Waals surface area contributed by atoms with Gasteiger partial charge >= 0.3 is 0 Å². The van der Waals surface area contributed by atoms with Crippen molar-refractivity contribution in [3.05, 3.63) is 60.3 Å². The smallest absolute Gasteiger partial charge is 0.295 e. The molecule has 0 aliphatic rings. The molecule has 24 heavy (non-hydrogen) atoms. The SMILES string of the molecule is CC(C)c1ccc2oc(NCCn3ccc4ccccc43)nc2c1. The van der Waals surface area contributed by atoms with Crippen LogP contribution in [0.5, 0.6) is 0 Å². The second-order valence-corrected chi connectivity index (χ2v) is 6.40. The summed E-state index contributed by atoms with van der Waals surface area (Å²) in [4.78, 5) is 4.55. The molecule has 0 unspecified atom stereocenters. The lowest BCUT2D eigenvalue weighted by Gasteiger charge is -2.05. The number of rotatable bonds is 5. The summed E-state index contributed by atoms with van der Waals surface area (Å²) in [6.45, 7) is 6.00. The van der Waals surface area contributed by atoms with Crippen molar-refractivity contribution in [1.82, 2.24) is 9.55 Å². The fraction of sp³-hybridized carbons (Fsp3) is 0.250. The Labute approximate surface area is 141 Å². The third-order valence-corrected chi connectivity index (χ3v) is 4.39. The first-order valence-electron chi connectivity index (χ1n) is 8.39. The second-order valence-electron chi connectivity index (χ2n) is 6.40. The highest BCUT2D eigenvalue weighted by Gasteiger charge is 2.08. The fourth-order valence-corrected chi connectivity index (χ4v) is 3.00. The molecule has 0 fully saturated rings. The van der Waals surface area contributed by atoms with Gasteiger partial charge in [-0.15, -0.1) is 0 Å². The van der Waals surface area contributed by atoms with Crippen molar-refractivity contribution >= 4 is 28.0 Å². The number of benzene rings is 2. The van der Waals surface area contributed by atoms with Crippen LogP contribution in [0.1, 0.15) is 25.3 Å². The maximum atomic E-state index is 5.78. The third kappa shape index (κ3) is 2.75. The number of nitrogens with zero attached hydrogens (tertiary/aromatic N) is 2. The van der Waals surface area contributed by atoms with E-state index in [-0.39, 0.29) is 0 Å². The molecule has 4 heteroatoms. The molecule has 0 bridgehead atoms. The van der Waals surface area contributed by atoms with Gasteiger partial charge < -0.3 is 14.3 Å². The van der Waals surface area contributed by atoms with E-state index >= 15 is 0 Å². The van der Waals surface area contributed by atoms with E-state index < -0.39 is 0 Å². The zero-order valence-corrected chi connectivity index (χ0v) is 14.0. The molecule has 0 radical (unpaired) electrons. The average molecular weight is 319 g/mol. The minimum atomic E-state index is 0.490. The number of oxazole rings is 1. The highest BCUT2D eigenvalue weighted by Crippen LogP contribution is 2.23. The lowest BCUT2D eigenvalue weighted by molar-refractivity contribution is 0.608. The van der Waals surface area contributed by atoms with E-state index in [1.807, 2.05) is 6.07 Å². The standard InChI is InChI=1S/C20H21N3O/c1-14(2)16-7-8-19-17(13-16)22-20(24-19)21-10-12-23-11-9-15-5-3-4-6-18(15)23/h3-9,11,13-14H,10,12H2,1-2H3,(H,21,22). The molecule has 122 valence electrons. The Morgan fingerprint density at radius 3 is 2.88 bits per heavy atom. The molecular weight excluding hydrogens is 298 g/mol. The van der Waals surface area contributed by atoms with Gasteiger partial charge in [0.05, 0.1) is 0 Å². The minimum absolute atomic E-state index is 0.490. The van der Waals surface area contributed by atoms with E-state index in [4.69, 9.17) is 4.42 Å². The minimum Gasteiger partial charge on any atom is -0.424 e. The zero-order valence-electron chi connectivity index (χ0n) is 14.0. The number of nitrogens with one attached hydrogen (secondary N) is 1. The van der Waals surface area contributed by atoms with E-state index in [0.29, 0.717) is 11.9 Å². The van der Waals surface area contributed by atoms with Crippen LogP contribution in [0.2, 0.25) is 0 Å². The van der Waals surface area contributed by atoms with Crippen LogP contribution >= 0.6 is 0 Å². The van der Waals surface area contributed by atoms with Crippen LogP contribution in [-0.4, -0.2) is 16.1 Å². The van der Waals surface area contributed by atoms with Crippen LogP contribution in [0, 0.1) is 0 Å². The summed E-state index contributed by atoms with van der Waals surface area (Å²) in [7, 11) is 0. The molecule has 4 aromatic rings. The monoisotopic (exact) mass is 319 g/mol. The van der Waals surface area contributed by atoms with Crippen LogP contribution in [0.25, 0.3) is 22.0 Å². The number of para-hydroxylation sites is 1. The average Bonchev–Trinajstić information content (AvgIpc) is 3.18. The molecule has 2 heterocycles. The maximum absolute atomic E-state index is 5.78. The van der Waals surface area contributed by atoms with Crippen LogP contribution in [0.4, 0.5) is 6.01 Å². The van der Waals surface area contributed by atoms with E-state index in [0.717, 1.165) is 24.2 Å². The summed E-state index contributed by atoms with van der Waals surface area (Å²) in [6.07, 6.45) is 2.12. The number of fused-ring (bicyclic) bond motifs is 2. The highest BCUT2D eigenvalue weighted by atomic mass is 16.4. The van der Waals surface area contributed by atoms with Crippen molar-refractivity contribution in [2.75, 3.05) is 11.9 Å². The Morgan fingerprint density at radius 2 is 2.00 bits per heavy atom. The maximum Gasteiger partial charge on any atom is 0.295 e. The summed E-state index contributed by atoms with van der Waals surface area (Å²) < 4.78 is 8.02. The predicted octanol–water partition coefficient (Wildman–Crippen LogP) is 5.02. The molecule has 4 rings (SSSR count). The summed E-state index contributed by atoms with van der Waals surface area (Å²) in [5.74, 6) is 0.490. The Kier molecular flexibility index (Phi) is 3.73. The van der Waals surface area contributed by atoms with E-state index in [2.05, 4.69) is 77.4 Å². The summed E-state index contributed by atoms with van der Waals surface area (Å²) >= 11 is 0. The molecule has 0 spiro atoms. The number of anilines is 1. The second kappa shape index (κ2) is 6.04. The van der Waals surface area contributed by atoms with Gasteiger partial charge in [0.15, 0.2) is 5.58 Å². The molecule has 4 nitrogen and oxygen atoms in total. The Morgan fingerprint density at radius 1 is 1.12 bits per heavy atom.